The van der Waals surface area contributed by atoms with Crippen LogP contribution in [0.25, 0.3) is 0 Å². The van der Waals surface area contributed by atoms with Gasteiger partial charge in [0.25, 0.3) is 0 Å². The molecule has 416 valence electrons. The van der Waals surface area contributed by atoms with E-state index in [9.17, 15) is 14.4 Å². The standard InChI is InChI=1S/C67H112O6/c1-4-7-10-13-16-19-22-25-28-31-32-33-34-37-39-42-45-48-51-54-57-60-66(69)72-63-64(73-67(70)61-58-55-52-49-46-43-40-36-30-27-24-21-18-15-12-9-6-3)62-71-65(68)59-56-53-50-47-44-41-38-35-29-26-23-20-17-14-11-8-5-2/h17-18,20-21,25-30,38,40-41,43,47,49-50,52,64H,4-16,19,22-24,31-37,39,42,44-46,48,51,53-63H2,1-3H3/b20-17-,21-18-,28-25-,29-26-,30-27-,41-38-,43-40-,50-47-,52-49-/t64-/m1/s1. The monoisotopic (exact) mass is 1010 g/mol. The fourth-order valence-electron chi connectivity index (χ4n) is 8.13. The van der Waals surface area contributed by atoms with Crippen LogP contribution in [0.4, 0.5) is 0 Å². The Labute approximate surface area is 450 Å². The van der Waals surface area contributed by atoms with Crippen molar-refractivity contribution < 1.29 is 28.6 Å². The predicted octanol–water partition coefficient (Wildman–Crippen LogP) is 20.7. The average Bonchev–Trinajstić information content (AvgIpc) is 3.39. The third kappa shape index (κ3) is 58.8. The van der Waals surface area contributed by atoms with Crippen molar-refractivity contribution in [2.45, 2.75) is 284 Å². The molecule has 0 aliphatic rings. The van der Waals surface area contributed by atoms with Gasteiger partial charge in [-0.2, -0.15) is 0 Å². The first kappa shape index (κ1) is 69.1. The smallest absolute Gasteiger partial charge is 0.306 e. The van der Waals surface area contributed by atoms with E-state index in [1.165, 1.54) is 154 Å². The van der Waals surface area contributed by atoms with Crippen molar-refractivity contribution in [3.8, 4) is 0 Å². The summed E-state index contributed by atoms with van der Waals surface area (Å²) < 4.78 is 16.8. The van der Waals surface area contributed by atoms with Gasteiger partial charge in [0, 0.05) is 19.3 Å². The fraction of sp³-hybridized carbons (Fsp3) is 0.687. The molecule has 0 spiro atoms. The summed E-state index contributed by atoms with van der Waals surface area (Å²) in [7, 11) is 0. The summed E-state index contributed by atoms with van der Waals surface area (Å²) in [6.45, 7) is 6.50. The van der Waals surface area contributed by atoms with Gasteiger partial charge in [-0.1, -0.05) is 246 Å². The molecule has 0 aliphatic heterocycles. The molecule has 0 heterocycles. The maximum atomic E-state index is 12.9. The van der Waals surface area contributed by atoms with Crippen LogP contribution in [0.15, 0.2) is 109 Å². The number of unbranched alkanes of at least 4 members (excludes halogenated alkanes) is 25. The predicted molar refractivity (Wildman–Crippen MR) is 316 cm³/mol. The Morgan fingerprint density at radius 3 is 0.863 bits per heavy atom. The van der Waals surface area contributed by atoms with Crippen LogP contribution < -0.4 is 0 Å². The zero-order valence-corrected chi connectivity index (χ0v) is 47.6. The lowest BCUT2D eigenvalue weighted by molar-refractivity contribution is -0.167. The topological polar surface area (TPSA) is 78.9 Å². The molecule has 6 nitrogen and oxygen atoms in total. The number of allylic oxidation sites excluding steroid dienone is 18. The normalized spacial score (nSPS) is 12.9. The molecule has 0 bridgehead atoms. The summed E-state index contributed by atoms with van der Waals surface area (Å²) in [4.78, 5) is 38.2. The second-order valence-electron chi connectivity index (χ2n) is 19.9. The fourth-order valence-corrected chi connectivity index (χ4v) is 8.13. The Bertz CT molecular complexity index is 1490. The molecular weight excluding hydrogens is 901 g/mol. The SMILES string of the molecule is CCCCC/C=C\C/C=C\C/C=C\C/C=C\CCCC(=O)OC[C@H](COC(=O)CCCCCCCCCCCCC/C=C\CCCCCCCC)OC(=O)CCC/C=C\C/C=C\C/C=C\C/C=C\CCCCC. The van der Waals surface area contributed by atoms with Gasteiger partial charge in [0.05, 0.1) is 0 Å². The molecule has 0 aromatic heterocycles. The minimum Gasteiger partial charge on any atom is -0.462 e. The average molecular weight is 1010 g/mol. The summed E-state index contributed by atoms with van der Waals surface area (Å²) >= 11 is 0. The summed E-state index contributed by atoms with van der Waals surface area (Å²) in [6.07, 6.45) is 82.4. The maximum Gasteiger partial charge on any atom is 0.306 e. The van der Waals surface area contributed by atoms with Gasteiger partial charge in [0.2, 0.25) is 0 Å². The third-order valence-electron chi connectivity index (χ3n) is 12.7. The van der Waals surface area contributed by atoms with Crippen molar-refractivity contribution in [2.24, 2.45) is 0 Å². The summed E-state index contributed by atoms with van der Waals surface area (Å²) in [5.41, 5.74) is 0. The molecule has 0 aromatic rings. The molecule has 0 N–H and O–H groups in total. The molecule has 0 rings (SSSR count). The Balaban J connectivity index is 4.51. The van der Waals surface area contributed by atoms with Crippen LogP contribution >= 0.6 is 0 Å². The molecule has 1 atom stereocenters. The van der Waals surface area contributed by atoms with Crippen LogP contribution in [-0.4, -0.2) is 37.2 Å². The molecule has 0 amide bonds. The number of ether oxygens (including phenoxy) is 3. The highest BCUT2D eigenvalue weighted by atomic mass is 16.6. The van der Waals surface area contributed by atoms with Crippen molar-refractivity contribution in [1.82, 2.24) is 0 Å². The Morgan fingerprint density at radius 1 is 0.274 bits per heavy atom. The van der Waals surface area contributed by atoms with Crippen LogP contribution in [0.1, 0.15) is 278 Å². The Hall–Kier alpha value is -3.93. The van der Waals surface area contributed by atoms with Gasteiger partial charge >= 0.3 is 17.9 Å². The van der Waals surface area contributed by atoms with Gasteiger partial charge in [-0.25, -0.2) is 0 Å². The van der Waals surface area contributed by atoms with Crippen LogP contribution in [0.3, 0.4) is 0 Å². The van der Waals surface area contributed by atoms with Gasteiger partial charge in [0.15, 0.2) is 6.10 Å². The molecule has 0 saturated carbocycles. The van der Waals surface area contributed by atoms with Crippen molar-refractivity contribution in [3.63, 3.8) is 0 Å². The van der Waals surface area contributed by atoms with Gasteiger partial charge in [-0.15, -0.1) is 0 Å². The number of carbonyl (C=O) groups excluding carboxylic acids is 3. The molecule has 0 radical (unpaired) electrons. The molecular formula is C67H112O6. The van der Waals surface area contributed by atoms with Crippen LogP contribution in [-0.2, 0) is 28.6 Å². The van der Waals surface area contributed by atoms with Gasteiger partial charge in [-0.3, -0.25) is 14.4 Å². The van der Waals surface area contributed by atoms with Crippen LogP contribution in [0.5, 0.6) is 0 Å². The maximum absolute atomic E-state index is 12.9. The van der Waals surface area contributed by atoms with Crippen molar-refractivity contribution in [1.29, 1.82) is 0 Å². The van der Waals surface area contributed by atoms with E-state index < -0.39 is 6.10 Å². The van der Waals surface area contributed by atoms with Gasteiger partial charge < -0.3 is 14.2 Å². The Kier molecular flexibility index (Phi) is 57.4. The second-order valence-corrected chi connectivity index (χ2v) is 19.9. The number of esters is 3. The van der Waals surface area contributed by atoms with Gasteiger partial charge in [0.1, 0.15) is 13.2 Å². The number of carbonyl (C=O) groups is 3. The minimum atomic E-state index is -0.831. The second kappa shape index (κ2) is 60.6. The van der Waals surface area contributed by atoms with E-state index in [4.69, 9.17) is 14.2 Å². The number of hydrogen-bond donors (Lipinski definition) is 0. The van der Waals surface area contributed by atoms with E-state index in [1.54, 1.807) is 0 Å². The first-order valence-corrected chi connectivity index (χ1v) is 30.4. The molecule has 0 aliphatic carbocycles. The van der Waals surface area contributed by atoms with Crippen LogP contribution in [0.2, 0.25) is 0 Å². The van der Waals surface area contributed by atoms with Crippen molar-refractivity contribution >= 4 is 17.9 Å². The highest BCUT2D eigenvalue weighted by Crippen LogP contribution is 2.15. The molecule has 73 heavy (non-hydrogen) atoms. The minimum absolute atomic E-state index is 0.118. The zero-order chi connectivity index (χ0) is 52.9. The molecule has 0 saturated heterocycles. The van der Waals surface area contributed by atoms with Crippen molar-refractivity contribution in [2.75, 3.05) is 13.2 Å². The molecule has 0 unspecified atom stereocenters. The lowest BCUT2D eigenvalue weighted by Crippen LogP contribution is -2.30. The van der Waals surface area contributed by atoms with E-state index >= 15 is 0 Å². The van der Waals surface area contributed by atoms with Crippen LogP contribution in [0, 0.1) is 0 Å². The number of rotatable bonds is 54. The Morgan fingerprint density at radius 2 is 0.507 bits per heavy atom. The van der Waals surface area contributed by atoms with Crippen molar-refractivity contribution in [3.05, 3.63) is 109 Å². The van der Waals surface area contributed by atoms with E-state index in [1.807, 2.05) is 0 Å². The molecule has 0 fully saturated rings. The van der Waals surface area contributed by atoms with E-state index in [2.05, 4.69) is 130 Å². The van der Waals surface area contributed by atoms with E-state index in [0.29, 0.717) is 19.3 Å². The summed E-state index contributed by atoms with van der Waals surface area (Å²) in [5.74, 6) is -1.03. The molecule has 0 aromatic carbocycles. The first-order chi connectivity index (χ1) is 36.0. The largest absolute Gasteiger partial charge is 0.462 e. The first-order valence-electron chi connectivity index (χ1n) is 30.4. The lowest BCUT2D eigenvalue weighted by atomic mass is 10.0. The summed E-state index contributed by atoms with van der Waals surface area (Å²) in [6, 6.07) is 0. The third-order valence-corrected chi connectivity index (χ3v) is 12.7. The zero-order valence-electron chi connectivity index (χ0n) is 47.6. The quantitative estimate of drug-likeness (QED) is 0.0261. The van der Waals surface area contributed by atoms with E-state index in [-0.39, 0.29) is 44.0 Å². The van der Waals surface area contributed by atoms with Gasteiger partial charge in [-0.05, 0) is 122 Å². The highest BCUT2D eigenvalue weighted by molar-refractivity contribution is 5.71. The lowest BCUT2D eigenvalue weighted by Gasteiger charge is -2.18. The summed E-state index contributed by atoms with van der Waals surface area (Å²) in [5, 5.41) is 0. The van der Waals surface area contributed by atoms with E-state index in [0.717, 1.165) is 70.6 Å². The highest BCUT2D eigenvalue weighted by Gasteiger charge is 2.19. The molecule has 6 heteroatoms. The number of hydrogen-bond acceptors (Lipinski definition) is 6.